The fraction of sp³-hybridized carbons (Fsp3) is 0.727. The van der Waals surface area contributed by atoms with Crippen molar-refractivity contribution < 1.29 is 0 Å². The zero-order valence-corrected chi connectivity index (χ0v) is 9.19. The van der Waals surface area contributed by atoms with Gasteiger partial charge in [-0.25, -0.2) is 0 Å². The fourth-order valence-corrected chi connectivity index (χ4v) is 2.03. The first-order valence-electron chi connectivity index (χ1n) is 5.20. The third kappa shape index (κ3) is 3.69. The lowest BCUT2D eigenvalue weighted by Crippen LogP contribution is -2.35. The van der Waals surface area contributed by atoms with Crippen LogP contribution >= 0.6 is 11.6 Å². The van der Waals surface area contributed by atoms with Crippen LogP contribution in [0.1, 0.15) is 32.1 Å². The van der Waals surface area contributed by atoms with Gasteiger partial charge in [0.25, 0.3) is 0 Å². The van der Waals surface area contributed by atoms with Crippen molar-refractivity contribution in [2.75, 3.05) is 6.54 Å². The molecule has 0 aromatic heterocycles. The molecule has 2 atom stereocenters. The van der Waals surface area contributed by atoms with Crippen molar-refractivity contribution >= 4 is 11.6 Å². The summed E-state index contributed by atoms with van der Waals surface area (Å²) in [5.41, 5.74) is 0. The Hall–Kier alpha value is -0.520. The Morgan fingerprint density at radius 1 is 1.43 bits per heavy atom. The van der Waals surface area contributed by atoms with Crippen LogP contribution in [0.15, 0.2) is 11.6 Å². The molecule has 0 spiro atoms. The molecule has 78 valence electrons. The van der Waals surface area contributed by atoms with E-state index in [0.717, 1.165) is 12.8 Å². The molecular weight excluding hydrogens is 196 g/mol. The maximum atomic E-state index is 9.01. The van der Waals surface area contributed by atoms with Crippen molar-refractivity contribution in [2.45, 2.75) is 38.1 Å². The van der Waals surface area contributed by atoms with Crippen molar-refractivity contribution in [3.63, 3.8) is 0 Å². The summed E-state index contributed by atoms with van der Waals surface area (Å²) < 4.78 is 0. The van der Waals surface area contributed by atoms with Gasteiger partial charge in [0, 0.05) is 17.6 Å². The SMILES string of the molecule is C=C(Cl)CNC1CCCCCC1C#N. The lowest BCUT2D eigenvalue weighted by atomic mass is 9.96. The van der Waals surface area contributed by atoms with Gasteiger partial charge in [-0.05, 0) is 12.8 Å². The molecule has 1 aliphatic carbocycles. The largest absolute Gasteiger partial charge is 0.308 e. The van der Waals surface area contributed by atoms with Gasteiger partial charge in [-0.15, -0.1) is 0 Å². The molecule has 0 aromatic rings. The van der Waals surface area contributed by atoms with Crippen molar-refractivity contribution in [3.05, 3.63) is 11.6 Å². The van der Waals surface area contributed by atoms with Crippen LogP contribution in [-0.4, -0.2) is 12.6 Å². The van der Waals surface area contributed by atoms with Gasteiger partial charge in [-0.1, -0.05) is 37.4 Å². The molecule has 14 heavy (non-hydrogen) atoms. The molecule has 0 heterocycles. The zero-order chi connectivity index (χ0) is 10.4. The predicted octanol–water partition coefficient (Wildman–Crippen LogP) is 2.80. The highest BCUT2D eigenvalue weighted by Crippen LogP contribution is 2.23. The average molecular weight is 213 g/mol. The standard InChI is InChI=1S/C11H17ClN2/c1-9(12)8-14-11-6-4-2-3-5-10(11)7-13/h10-11,14H,1-6,8H2. The van der Waals surface area contributed by atoms with Gasteiger partial charge in [0.15, 0.2) is 0 Å². The number of nitrogens with zero attached hydrogens (tertiary/aromatic N) is 1. The van der Waals surface area contributed by atoms with Gasteiger partial charge in [-0.2, -0.15) is 5.26 Å². The van der Waals surface area contributed by atoms with Crippen LogP contribution in [0.4, 0.5) is 0 Å². The van der Waals surface area contributed by atoms with Crippen molar-refractivity contribution in [1.29, 1.82) is 5.26 Å². The first-order valence-corrected chi connectivity index (χ1v) is 5.58. The maximum absolute atomic E-state index is 9.01. The van der Waals surface area contributed by atoms with Crippen molar-refractivity contribution in [3.8, 4) is 6.07 Å². The first-order chi connectivity index (χ1) is 6.74. The van der Waals surface area contributed by atoms with Crippen LogP contribution in [0.25, 0.3) is 0 Å². The van der Waals surface area contributed by atoms with E-state index in [1.807, 2.05) is 0 Å². The van der Waals surface area contributed by atoms with Gasteiger partial charge in [0.05, 0.1) is 12.0 Å². The maximum Gasteiger partial charge on any atom is 0.0672 e. The van der Waals surface area contributed by atoms with E-state index < -0.39 is 0 Å². The number of halogens is 1. The highest BCUT2D eigenvalue weighted by atomic mass is 35.5. The van der Waals surface area contributed by atoms with Crippen molar-refractivity contribution in [1.82, 2.24) is 5.32 Å². The number of hydrogen-bond acceptors (Lipinski definition) is 2. The molecule has 0 saturated heterocycles. The summed E-state index contributed by atoms with van der Waals surface area (Å²) in [6.45, 7) is 4.25. The molecule has 1 N–H and O–H groups in total. The summed E-state index contributed by atoms with van der Waals surface area (Å²) in [7, 11) is 0. The van der Waals surface area contributed by atoms with Crippen LogP contribution in [0.2, 0.25) is 0 Å². The van der Waals surface area contributed by atoms with Gasteiger partial charge in [-0.3, -0.25) is 0 Å². The Kier molecular flexibility index (Phi) is 5.00. The quantitative estimate of drug-likeness (QED) is 0.731. The average Bonchev–Trinajstić information content (AvgIpc) is 2.38. The Labute approximate surface area is 90.9 Å². The molecular formula is C11H17ClN2. The third-order valence-electron chi connectivity index (χ3n) is 2.74. The smallest absolute Gasteiger partial charge is 0.0672 e. The third-order valence-corrected chi connectivity index (χ3v) is 2.87. The molecule has 2 unspecified atom stereocenters. The van der Waals surface area contributed by atoms with E-state index in [-0.39, 0.29) is 5.92 Å². The van der Waals surface area contributed by atoms with Crippen LogP contribution in [-0.2, 0) is 0 Å². The summed E-state index contributed by atoms with van der Waals surface area (Å²) in [5, 5.41) is 12.9. The molecule has 0 amide bonds. The van der Waals surface area contributed by atoms with Crippen molar-refractivity contribution in [2.24, 2.45) is 5.92 Å². The number of nitriles is 1. The minimum Gasteiger partial charge on any atom is -0.308 e. The molecule has 0 bridgehead atoms. The topological polar surface area (TPSA) is 35.8 Å². The lowest BCUT2D eigenvalue weighted by Gasteiger charge is -2.20. The lowest BCUT2D eigenvalue weighted by molar-refractivity contribution is 0.409. The van der Waals surface area contributed by atoms with E-state index in [1.54, 1.807) is 0 Å². The summed E-state index contributed by atoms with van der Waals surface area (Å²) in [5.74, 6) is 0.147. The number of rotatable bonds is 3. The molecule has 0 aromatic carbocycles. The highest BCUT2D eigenvalue weighted by Gasteiger charge is 2.22. The van der Waals surface area contributed by atoms with E-state index in [2.05, 4.69) is 18.0 Å². The van der Waals surface area contributed by atoms with Crippen LogP contribution < -0.4 is 5.32 Å². The molecule has 0 aliphatic heterocycles. The molecule has 1 aliphatic rings. The summed E-state index contributed by atoms with van der Waals surface area (Å²) >= 11 is 5.69. The van der Waals surface area contributed by atoms with Gasteiger partial charge < -0.3 is 5.32 Å². The molecule has 2 nitrogen and oxygen atoms in total. The van der Waals surface area contributed by atoms with E-state index >= 15 is 0 Å². The van der Waals surface area contributed by atoms with E-state index in [1.165, 1.54) is 19.3 Å². The van der Waals surface area contributed by atoms with E-state index in [4.69, 9.17) is 16.9 Å². The molecule has 1 saturated carbocycles. The van der Waals surface area contributed by atoms with E-state index in [9.17, 15) is 0 Å². The fourth-order valence-electron chi connectivity index (χ4n) is 1.95. The highest BCUT2D eigenvalue weighted by molar-refractivity contribution is 6.29. The summed E-state index contributed by atoms with van der Waals surface area (Å²) in [6.07, 6.45) is 5.74. The zero-order valence-electron chi connectivity index (χ0n) is 8.43. The monoisotopic (exact) mass is 212 g/mol. The second kappa shape index (κ2) is 6.06. The summed E-state index contributed by atoms with van der Waals surface area (Å²) in [4.78, 5) is 0. The molecule has 1 fully saturated rings. The minimum absolute atomic E-state index is 0.147. The first kappa shape index (κ1) is 11.6. The molecule has 0 radical (unpaired) electrons. The summed E-state index contributed by atoms with van der Waals surface area (Å²) in [6, 6.07) is 2.69. The normalized spacial score (nSPS) is 27.7. The molecule has 1 rings (SSSR count). The van der Waals surface area contributed by atoms with Gasteiger partial charge in [0.2, 0.25) is 0 Å². The van der Waals surface area contributed by atoms with Crippen LogP contribution in [0.5, 0.6) is 0 Å². The Morgan fingerprint density at radius 3 is 2.79 bits per heavy atom. The second-order valence-corrected chi connectivity index (χ2v) is 4.41. The second-order valence-electron chi connectivity index (χ2n) is 3.88. The van der Waals surface area contributed by atoms with Crippen LogP contribution in [0.3, 0.4) is 0 Å². The number of nitrogens with one attached hydrogen (secondary N) is 1. The van der Waals surface area contributed by atoms with Gasteiger partial charge >= 0.3 is 0 Å². The van der Waals surface area contributed by atoms with Crippen LogP contribution in [0, 0.1) is 17.2 Å². The van der Waals surface area contributed by atoms with E-state index in [0.29, 0.717) is 17.6 Å². The predicted molar refractivity (Wildman–Crippen MR) is 59.0 cm³/mol. The Bertz CT molecular complexity index is 232. The minimum atomic E-state index is 0.147. The van der Waals surface area contributed by atoms with Gasteiger partial charge in [0.1, 0.15) is 0 Å². The number of hydrogen-bond donors (Lipinski definition) is 1. The molecule has 3 heteroatoms. The Balaban J connectivity index is 2.45. The Morgan fingerprint density at radius 2 is 2.14 bits per heavy atom.